The summed E-state index contributed by atoms with van der Waals surface area (Å²) in [5.74, 6) is 2.68. The van der Waals surface area contributed by atoms with Crippen molar-refractivity contribution in [2.45, 2.75) is 64.3 Å². The molecule has 9 heteroatoms. The average molecular weight is 659 g/mol. The molecule has 0 atom stereocenters. The number of fused-ring (bicyclic) bond motifs is 6. The van der Waals surface area contributed by atoms with Crippen LogP contribution >= 0.6 is 11.8 Å². The van der Waals surface area contributed by atoms with Crippen molar-refractivity contribution in [2.24, 2.45) is 5.41 Å². The number of aromatic nitrogens is 2. The molecule has 0 radical (unpaired) electrons. The van der Waals surface area contributed by atoms with Crippen LogP contribution in [0.1, 0.15) is 58.4 Å². The van der Waals surface area contributed by atoms with E-state index in [0.717, 1.165) is 85.5 Å². The smallest absolute Gasteiger partial charge is 0.280 e. The Morgan fingerprint density at radius 3 is 2.52 bits per heavy atom. The van der Waals surface area contributed by atoms with E-state index < -0.39 is 10.0 Å². The van der Waals surface area contributed by atoms with Gasteiger partial charge in [0.1, 0.15) is 17.4 Å². The fourth-order valence-electron chi connectivity index (χ4n) is 5.59. The number of benzene rings is 2. The van der Waals surface area contributed by atoms with Gasteiger partial charge < -0.3 is 9.64 Å². The standard InChI is InChI=1S/C37H46N4O3S2/c1-37(2,3)22-25-44-30-16-11-15-29(27-30)32-20-21-33-38-36(32)31-17-9-8-14-28(31)13-7-5-6-10-23-41(24-26-45-4)34-18-12-19-35(39-34)46(42,43)40-33/h8-9,11-12,14-21,27H,5-7,10,13,22-26H2,1-4H3,(H,38,40). The van der Waals surface area contributed by atoms with E-state index >= 15 is 0 Å². The molecule has 2 aromatic heterocycles. The maximum atomic E-state index is 13.7. The quantitative estimate of drug-likeness (QED) is 0.213. The number of thioether (sulfide) groups is 1. The van der Waals surface area contributed by atoms with Crippen LogP contribution in [0.25, 0.3) is 22.4 Å². The molecular formula is C37H46N4O3S2. The van der Waals surface area contributed by atoms with Crippen LogP contribution in [0.5, 0.6) is 5.75 Å². The van der Waals surface area contributed by atoms with E-state index in [1.54, 1.807) is 30.0 Å². The van der Waals surface area contributed by atoms with E-state index in [9.17, 15) is 8.42 Å². The third-order valence-electron chi connectivity index (χ3n) is 8.17. The predicted octanol–water partition coefficient (Wildman–Crippen LogP) is 8.71. The van der Waals surface area contributed by atoms with E-state index in [4.69, 9.17) is 9.72 Å². The molecule has 0 unspecified atom stereocenters. The average Bonchev–Trinajstić information content (AvgIpc) is 3.03. The molecule has 0 saturated carbocycles. The van der Waals surface area contributed by atoms with Gasteiger partial charge >= 0.3 is 0 Å². The number of sulfonamides is 1. The van der Waals surface area contributed by atoms with Gasteiger partial charge in [0.2, 0.25) is 0 Å². The molecule has 7 nitrogen and oxygen atoms in total. The Morgan fingerprint density at radius 1 is 0.891 bits per heavy atom. The van der Waals surface area contributed by atoms with Crippen LogP contribution in [-0.2, 0) is 16.4 Å². The van der Waals surface area contributed by atoms with Crippen LogP contribution in [0, 0.1) is 5.41 Å². The van der Waals surface area contributed by atoms with Crippen LogP contribution in [0.2, 0.25) is 0 Å². The number of nitrogens with zero attached hydrogens (tertiary/aromatic N) is 3. The molecule has 1 aliphatic heterocycles. The maximum Gasteiger partial charge on any atom is 0.280 e. The molecule has 2 aromatic carbocycles. The Balaban J connectivity index is 1.56. The topological polar surface area (TPSA) is 84.4 Å². The fraction of sp³-hybridized carbons (Fsp3) is 0.405. The van der Waals surface area contributed by atoms with Crippen molar-refractivity contribution in [1.29, 1.82) is 0 Å². The lowest BCUT2D eigenvalue weighted by Gasteiger charge is -2.24. The summed E-state index contributed by atoms with van der Waals surface area (Å²) in [7, 11) is -3.99. The number of hydrogen-bond acceptors (Lipinski definition) is 7. The van der Waals surface area contributed by atoms with Crippen molar-refractivity contribution >= 4 is 33.4 Å². The fourth-order valence-corrected chi connectivity index (χ4v) is 6.95. The van der Waals surface area contributed by atoms with Gasteiger partial charge in [0.15, 0.2) is 5.03 Å². The number of ether oxygens (including phenoxy) is 1. The summed E-state index contributed by atoms with van der Waals surface area (Å²) in [6.07, 6.45) is 8.24. The molecule has 3 heterocycles. The Kier molecular flexibility index (Phi) is 11.3. The molecule has 4 bridgehead atoms. The first-order valence-corrected chi connectivity index (χ1v) is 19.1. The minimum atomic E-state index is -3.99. The van der Waals surface area contributed by atoms with Gasteiger partial charge in [-0.2, -0.15) is 20.2 Å². The first-order valence-electron chi connectivity index (χ1n) is 16.2. The minimum absolute atomic E-state index is 0.0172. The Labute approximate surface area is 279 Å². The number of aryl methyl sites for hydroxylation is 1. The van der Waals surface area contributed by atoms with Crippen LogP contribution < -0.4 is 14.4 Å². The van der Waals surface area contributed by atoms with E-state index in [-0.39, 0.29) is 16.3 Å². The van der Waals surface area contributed by atoms with Gasteiger partial charge in [-0.15, -0.1) is 0 Å². The van der Waals surface area contributed by atoms with Gasteiger partial charge in [-0.1, -0.05) is 76.1 Å². The Morgan fingerprint density at radius 2 is 1.70 bits per heavy atom. The van der Waals surface area contributed by atoms with Gasteiger partial charge in [0.05, 0.1) is 12.3 Å². The highest BCUT2D eigenvalue weighted by Crippen LogP contribution is 2.36. The highest BCUT2D eigenvalue weighted by Gasteiger charge is 2.21. The number of nitrogens with one attached hydrogen (secondary N) is 1. The van der Waals surface area contributed by atoms with E-state index in [1.165, 1.54) is 5.56 Å². The first-order chi connectivity index (χ1) is 22.1. The van der Waals surface area contributed by atoms with Crippen molar-refractivity contribution in [2.75, 3.05) is 41.3 Å². The number of rotatable bonds is 7. The molecule has 244 valence electrons. The van der Waals surface area contributed by atoms with Crippen LogP contribution in [0.15, 0.2) is 83.9 Å². The second kappa shape index (κ2) is 15.4. The highest BCUT2D eigenvalue weighted by atomic mass is 32.2. The lowest BCUT2D eigenvalue weighted by molar-refractivity contribution is 0.243. The summed E-state index contributed by atoms with van der Waals surface area (Å²) in [5, 5.41) is -0.0172. The normalized spacial score (nSPS) is 15.3. The van der Waals surface area contributed by atoms with Gasteiger partial charge in [-0.05, 0) is 84.9 Å². The Hall–Kier alpha value is -3.56. The number of anilines is 2. The third kappa shape index (κ3) is 9.04. The molecule has 0 spiro atoms. The zero-order chi connectivity index (χ0) is 32.6. The number of pyridine rings is 2. The molecule has 0 amide bonds. The van der Waals surface area contributed by atoms with Gasteiger partial charge in [-0.25, -0.2) is 9.97 Å². The Bertz CT molecular complexity index is 1720. The van der Waals surface area contributed by atoms with Crippen LogP contribution in [0.4, 0.5) is 11.6 Å². The summed E-state index contributed by atoms with van der Waals surface area (Å²) in [6.45, 7) is 8.91. The van der Waals surface area contributed by atoms with Gasteiger partial charge in [0.25, 0.3) is 10.0 Å². The van der Waals surface area contributed by atoms with Crippen molar-refractivity contribution in [3.05, 3.63) is 84.4 Å². The second-order valence-corrected chi connectivity index (χ2v) is 15.6. The zero-order valence-corrected chi connectivity index (χ0v) is 29.1. The monoisotopic (exact) mass is 658 g/mol. The van der Waals surface area contributed by atoms with Crippen molar-refractivity contribution in [3.8, 4) is 28.1 Å². The van der Waals surface area contributed by atoms with Crippen molar-refractivity contribution in [3.63, 3.8) is 0 Å². The van der Waals surface area contributed by atoms with E-state index in [1.807, 2.05) is 36.4 Å². The molecule has 0 aliphatic carbocycles. The molecule has 4 aromatic rings. The highest BCUT2D eigenvalue weighted by molar-refractivity contribution is 7.98. The lowest BCUT2D eigenvalue weighted by Crippen LogP contribution is -2.28. The lowest BCUT2D eigenvalue weighted by atomic mass is 9.93. The SMILES string of the molecule is CSCCN1CCCCCCc2ccccc2-c2nc(ccc2-c2cccc(OCCC(C)(C)C)c2)NS(=O)(=O)c2cccc1n2. The second-order valence-electron chi connectivity index (χ2n) is 13.0. The number of hydrogen-bond donors (Lipinski definition) is 1. The summed E-state index contributed by atoms with van der Waals surface area (Å²) in [5.41, 5.74) is 5.00. The van der Waals surface area contributed by atoms with E-state index in [2.05, 4.69) is 65.9 Å². The summed E-state index contributed by atoms with van der Waals surface area (Å²) < 4.78 is 36.3. The minimum Gasteiger partial charge on any atom is -0.494 e. The zero-order valence-electron chi connectivity index (χ0n) is 27.5. The molecule has 1 aliphatic rings. The van der Waals surface area contributed by atoms with Gasteiger partial charge in [0, 0.05) is 30.0 Å². The maximum absolute atomic E-state index is 13.7. The molecule has 46 heavy (non-hydrogen) atoms. The van der Waals surface area contributed by atoms with E-state index in [0.29, 0.717) is 12.4 Å². The molecule has 0 saturated heterocycles. The predicted molar refractivity (Wildman–Crippen MR) is 192 cm³/mol. The molecule has 0 fully saturated rings. The van der Waals surface area contributed by atoms with Crippen LogP contribution in [-0.4, -0.2) is 50.1 Å². The first kappa shape index (κ1) is 33.8. The summed E-state index contributed by atoms with van der Waals surface area (Å²) in [6, 6.07) is 25.3. The molecular weight excluding hydrogens is 613 g/mol. The molecule has 5 rings (SSSR count). The van der Waals surface area contributed by atoms with Crippen molar-refractivity contribution in [1.82, 2.24) is 9.97 Å². The largest absolute Gasteiger partial charge is 0.494 e. The van der Waals surface area contributed by atoms with Crippen molar-refractivity contribution < 1.29 is 13.2 Å². The summed E-state index contributed by atoms with van der Waals surface area (Å²) >= 11 is 1.77. The third-order valence-corrected chi connectivity index (χ3v) is 10.0. The van der Waals surface area contributed by atoms with Gasteiger partial charge in [-0.3, -0.25) is 4.72 Å². The van der Waals surface area contributed by atoms with Crippen LogP contribution in [0.3, 0.4) is 0 Å². The molecule has 1 N–H and O–H groups in total. The summed E-state index contributed by atoms with van der Waals surface area (Å²) in [4.78, 5) is 11.8.